The van der Waals surface area contributed by atoms with E-state index in [2.05, 4.69) is 27.9 Å². The van der Waals surface area contributed by atoms with E-state index in [0.717, 1.165) is 38.8 Å². The normalized spacial score (nSPS) is 16.3. The van der Waals surface area contributed by atoms with Crippen LogP contribution >= 0.6 is 0 Å². The molecule has 2 aliphatic rings. The number of esters is 1. The maximum Gasteiger partial charge on any atom is 0.338 e. The summed E-state index contributed by atoms with van der Waals surface area (Å²) in [6, 6.07) is 8.99. The highest BCUT2D eigenvalue weighted by atomic mass is 16.6. The van der Waals surface area contributed by atoms with Gasteiger partial charge in [-0.2, -0.15) is 0 Å². The Morgan fingerprint density at radius 3 is 1.35 bits per heavy atom. The summed E-state index contributed by atoms with van der Waals surface area (Å²) in [4.78, 5) is 47.6. The Labute approximate surface area is 293 Å². The number of piperidine rings is 1. The summed E-state index contributed by atoms with van der Waals surface area (Å²) in [5, 5.41) is 8.84. The Bertz CT molecular complexity index is 1090. The first-order chi connectivity index (χ1) is 21.8. The Balaban J connectivity index is 0.000000625. The van der Waals surface area contributed by atoms with Crippen molar-refractivity contribution in [3.63, 3.8) is 0 Å². The number of carbonyl (C=O) groups excluding carboxylic acids is 4. The number of likely N-dealkylation sites (tertiary alicyclic amines) is 1. The van der Waals surface area contributed by atoms with Gasteiger partial charge in [-0.3, -0.25) is 14.4 Å². The smallest absolute Gasteiger partial charge is 0.338 e. The zero-order valence-electron chi connectivity index (χ0n) is 32.9. The van der Waals surface area contributed by atoms with Crippen LogP contribution in [0.1, 0.15) is 145 Å². The topological polar surface area (TPSA) is 117 Å². The van der Waals surface area contributed by atoms with Crippen LogP contribution in [-0.4, -0.2) is 70.9 Å². The Morgan fingerprint density at radius 1 is 0.625 bits per heavy atom. The molecular formula is C39H70N4O5. The summed E-state index contributed by atoms with van der Waals surface area (Å²) in [5.74, 6) is 0.752. The highest BCUT2D eigenvalue weighted by Gasteiger charge is 2.26. The lowest BCUT2D eigenvalue weighted by Crippen LogP contribution is -2.46. The molecule has 0 atom stereocenters. The van der Waals surface area contributed by atoms with Crippen molar-refractivity contribution in [1.82, 2.24) is 20.9 Å². The molecule has 0 radical (unpaired) electrons. The van der Waals surface area contributed by atoms with Crippen LogP contribution in [0.25, 0.3) is 0 Å². The van der Waals surface area contributed by atoms with E-state index < -0.39 is 5.60 Å². The molecule has 276 valence electrons. The van der Waals surface area contributed by atoms with Crippen LogP contribution in [0.2, 0.25) is 0 Å². The number of benzene rings is 1. The third-order valence-corrected chi connectivity index (χ3v) is 7.02. The van der Waals surface area contributed by atoms with E-state index in [1.54, 1.807) is 12.1 Å². The average molecular weight is 675 g/mol. The standard InChI is InChI=1S/C11H22N2O.C11H21NO.C11H14O2.C6H13NO/c1-11(2,3)12-10(14)9-5-7-13(4)8-6-9;1-11(2,3)12-10(13)9-7-5-4-6-8-9;1-11(2,3)13-10(12)9-7-5-4-6-8-9;1-5(8)7-6(2,3)4/h9H,5-8H2,1-4H3,(H,12,14);9H,4-8H2,1-3H3,(H,12,13);4-8H,1-3H3;1-4H3,(H,7,8). The van der Waals surface area contributed by atoms with Gasteiger partial charge in [0.15, 0.2) is 0 Å². The van der Waals surface area contributed by atoms with Crippen LogP contribution in [0, 0.1) is 11.8 Å². The van der Waals surface area contributed by atoms with E-state index in [-0.39, 0.29) is 52.1 Å². The first-order valence-electron chi connectivity index (χ1n) is 17.7. The molecule has 1 saturated heterocycles. The van der Waals surface area contributed by atoms with E-state index in [4.69, 9.17) is 4.74 Å². The number of nitrogens with one attached hydrogen (secondary N) is 3. The van der Waals surface area contributed by atoms with Crippen molar-refractivity contribution in [2.24, 2.45) is 11.8 Å². The highest BCUT2D eigenvalue weighted by Crippen LogP contribution is 2.24. The van der Waals surface area contributed by atoms with Crippen molar-refractivity contribution in [3.05, 3.63) is 35.9 Å². The van der Waals surface area contributed by atoms with Crippen molar-refractivity contribution in [3.8, 4) is 0 Å². The molecule has 1 heterocycles. The number of hydrogen-bond acceptors (Lipinski definition) is 6. The minimum Gasteiger partial charge on any atom is -0.456 e. The molecule has 9 nitrogen and oxygen atoms in total. The van der Waals surface area contributed by atoms with Crippen molar-refractivity contribution < 1.29 is 23.9 Å². The fraction of sp³-hybridized carbons (Fsp3) is 0.744. The lowest BCUT2D eigenvalue weighted by Gasteiger charge is -2.30. The van der Waals surface area contributed by atoms with Crippen LogP contribution < -0.4 is 16.0 Å². The first-order valence-corrected chi connectivity index (χ1v) is 17.7. The predicted octanol–water partition coefficient (Wildman–Crippen LogP) is 7.29. The Morgan fingerprint density at radius 2 is 1.02 bits per heavy atom. The summed E-state index contributed by atoms with van der Waals surface area (Å²) in [6.45, 7) is 27.2. The van der Waals surface area contributed by atoms with Crippen LogP contribution in [-0.2, 0) is 19.1 Å². The molecule has 0 unspecified atom stereocenters. The third kappa shape index (κ3) is 25.1. The van der Waals surface area contributed by atoms with E-state index >= 15 is 0 Å². The van der Waals surface area contributed by atoms with Crippen LogP contribution in [0.4, 0.5) is 0 Å². The number of rotatable bonds is 3. The van der Waals surface area contributed by atoms with Gasteiger partial charge in [0.25, 0.3) is 0 Å². The molecule has 3 amide bonds. The Hall–Kier alpha value is -2.94. The first kappa shape index (κ1) is 45.1. The quantitative estimate of drug-likeness (QED) is 0.290. The molecule has 1 saturated carbocycles. The molecule has 1 aliphatic heterocycles. The van der Waals surface area contributed by atoms with Crippen molar-refractivity contribution in [1.29, 1.82) is 0 Å². The summed E-state index contributed by atoms with van der Waals surface area (Å²) >= 11 is 0. The number of hydrogen-bond donors (Lipinski definition) is 3. The van der Waals surface area contributed by atoms with Gasteiger partial charge in [0.1, 0.15) is 5.60 Å². The van der Waals surface area contributed by atoms with Crippen LogP contribution in [0.5, 0.6) is 0 Å². The summed E-state index contributed by atoms with van der Waals surface area (Å²) in [5.41, 5.74) is -0.0781. The van der Waals surface area contributed by atoms with Crippen LogP contribution in [0.15, 0.2) is 30.3 Å². The molecular weight excluding hydrogens is 604 g/mol. The minimum atomic E-state index is -0.424. The van der Waals surface area contributed by atoms with Gasteiger partial charge in [0.05, 0.1) is 5.56 Å². The fourth-order valence-corrected chi connectivity index (χ4v) is 5.02. The fourth-order valence-electron chi connectivity index (χ4n) is 5.02. The molecule has 3 rings (SSSR count). The van der Waals surface area contributed by atoms with Gasteiger partial charge in [-0.15, -0.1) is 0 Å². The monoisotopic (exact) mass is 675 g/mol. The van der Waals surface area contributed by atoms with E-state index in [1.807, 2.05) is 101 Å². The second kappa shape index (κ2) is 20.5. The molecule has 2 fully saturated rings. The lowest BCUT2D eigenvalue weighted by molar-refractivity contribution is -0.128. The van der Waals surface area contributed by atoms with E-state index in [0.29, 0.717) is 5.56 Å². The minimum absolute atomic E-state index is 0.0255. The molecule has 0 bridgehead atoms. The lowest BCUT2D eigenvalue weighted by atomic mass is 9.88. The maximum absolute atomic E-state index is 11.8. The summed E-state index contributed by atoms with van der Waals surface area (Å²) in [6.07, 6.45) is 7.92. The van der Waals surface area contributed by atoms with Crippen LogP contribution in [0.3, 0.4) is 0 Å². The van der Waals surface area contributed by atoms with Crippen molar-refractivity contribution >= 4 is 23.7 Å². The SMILES string of the molecule is CC(=O)NC(C)(C)C.CC(C)(C)NC(=O)C1CCCCC1.CC(C)(C)OC(=O)c1ccccc1.CN1CCC(C(=O)NC(C)(C)C)CC1. The zero-order chi connectivity index (χ0) is 37.3. The van der Waals surface area contributed by atoms with Crippen molar-refractivity contribution in [2.45, 2.75) is 157 Å². The summed E-state index contributed by atoms with van der Waals surface area (Å²) < 4.78 is 5.18. The van der Waals surface area contributed by atoms with Crippen molar-refractivity contribution in [2.75, 3.05) is 20.1 Å². The van der Waals surface area contributed by atoms with E-state index in [1.165, 1.54) is 26.2 Å². The molecule has 0 aromatic heterocycles. The Kier molecular flexibility index (Phi) is 19.3. The van der Waals surface area contributed by atoms with E-state index in [9.17, 15) is 19.2 Å². The van der Waals surface area contributed by atoms with Gasteiger partial charge >= 0.3 is 5.97 Å². The number of carbonyl (C=O) groups is 4. The van der Waals surface area contributed by atoms with Gasteiger partial charge in [0, 0.05) is 35.4 Å². The van der Waals surface area contributed by atoms with Gasteiger partial charge < -0.3 is 25.6 Å². The van der Waals surface area contributed by atoms with Gasteiger partial charge in [-0.1, -0.05) is 37.5 Å². The molecule has 0 spiro atoms. The second-order valence-corrected chi connectivity index (χ2v) is 17.2. The number of nitrogens with zero attached hydrogens (tertiary/aromatic N) is 1. The molecule has 1 aliphatic carbocycles. The van der Waals surface area contributed by atoms with Gasteiger partial charge in [-0.05, 0) is 141 Å². The number of amides is 3. The molecule has 48 heavy (non-hydrogen) atoms. The third-order valence-electron chi connectivity index (χ3n) is 7.02. The molecule has 1 aromatic carbocycles. The summed E-state index contributed by atoms with van der Waals surface area (Å²) in [7, 11) is 2.11. The predicted molar refractivity (Wildman–Crippen MR) is 198 cm³/mol. The molecule has 1 aromatic rings. The van der Waals surface area contributed by atoms with Gasteiger partial charge in [0.2, 0.25) is 17.7 Å². The largest absolute Gasteiger partial charge is 0.456 e. The van der Waals surface area contributed by atoms with Gasteiger partial charge in [-0.25, -0.2) is 4.79 Å². The highest BCUT2D eigenvalue weighted by molar-refractivity contribution is 5.89. The average Bonchev–Trinajstić information content (AvgIpc) is 2.91. The molecule has 3 N–H and O–H groups in total. The maximum atomic E-state index is 11.8. The molecule has 9 heteroatoms. The number of ether oxygens (including phenoxy) is 1. The zero-order valence-corrected chi connectivity index (χ0v) is 32.9. The second-order valence-electron chi connectivity index (χ2n) is 17.2.